The van der Waals surface area contributed by atoms with Crippen LogP contribution in [-0.2, 0) is 37.9 Å². The van der Waals surface area contributed by atoms with Crippen LogP contribution >= 0.6 is 0 Å². The number of aliphatic hydroxyl groups is 8. The molecule has 0 aromatic heterocycles. The van der Waals surface area contributed by atoms with Gasteiger partial charge < -0.3 is 78.7 Å². The third-order valence-corrected chi connectivity index (χ3v) is 17.3. The van der Waals surface area contributed by atoms with Crippen LogP contribution in [0.25, 0.3) is 0 Å². The van der Waals surface area contributed by atoms with Crippen LogP contribution in [-0.4, -0.2) is 164 Å². The van der Waals surface area contributed by atoms with Gasteiger partial charge in [0.15, 0.2) is 24.7 Å². The zero-order valence-electron chi connectivity index (χ0n) is 35.8. The summed E-state index contributed by atoms with van der Waals surface area (Å²) in [5.41, 5.74) is 0.681. The van der Waals surface area contributed by atoms with Crippen molar-refractivity contribution < 1.29 is 78.7 Å². The first-order chi connectivity index (χ1) is 28.4. The molecule has 1 spiro atoms. The first-order valence-electron chi connectivity index (χ1n) is 22.7. The minimum absolute atomic E-state index is 0.0699. The molecule has 9 aliphatic rings. The van der Waals surface area contributed by atoms with Gasteiger partial charge in [0.05, 0.1) is 43.7 Å². The Morgan fingerprint density at radius 2 is 1.38 bits per heavy atom. The molecule has 0 bridgehead atoms. The molecular weight excluding hydrogens is 784 g/mol. The molecule has 0 unspecified atom stereocenters. The van der Waals surface area contributed by atoms with Crippen LogP contribution in [0.15, 0.2) is 11.6 Å². The van der Waals surface area contributed by atoms with Gasteiger partial charge in [0.1, 0.15) is 54.9 Å². The van der Waals surface area contributed by atoms with Gasteiger partial charge in [-0.3, -0.25) is 0 Å². The van der Waals surface area contributed by atoms with Crippen LogP contribution in [0.1, 0.15) is 92.9 Å². The molecule has 0 aromatic rings. The fourth-order valence-electron chi connectivity index (χ4n) is 13.8. The first kappa shape index (κ1) is 44.3. The third kappa shape index (κ3) is 7.01. The predicted molar refractivity (Wildman–Crippen MR) is 208 cm³/mol. The first-order valence-corrected chi connectivity index (χ1v) is 22.7. The molecular formula is C44H70O16. The summed E-state index contributed by atoms with van der Waals surface area (Å²) in [5, 5.41) is 86.8. The van der Waals surface area contributed by atoms with Gasteiger partial charge in [-0.15, -0.1) is 0 Å². The Kier molecular flexibility index (Phi) is 12.0. The van der Waals surface area contributed by atoms with E-state index in [1.54, 1.807) is 6.92 Å². The van der Waals surface area contributed by atoms with E-state index in [4.69, 9.17) is 37.9 Å². The van der Waals surface area contributed by atoms with Crippen LogP contribution in [0, 0.1) is 46.3 Å². The second-order valence-electron chi connectivity index (χ2n) is 20.7. The molecule has 16 heteroatoms. The van der Waals surface area contributed by atoms with E-state index in [0.29, 0.717) is 30.1 Å². The molecule has 5 saturated heterocycles. The molecule has 9 rings (SSSR count). The highest BCUT2D eigenvalue weighted by atomic mass is 16.8. The molecule has 0 radical (unpaired) electrons. The third-order valence-electron chi connectivity index (χ3n) is 17.3. The molecule has 342 valence electrons. The van der Waals surface area contributed by atoms with Crippen molar-refractivity contribution in [2.45, 2.75) is 203 Å². The van der Waals surface area contributed by atoms with E-state index in [2.05, 4.69) is 33.8 Å². The largest absolute Gasteiger partial charge is 0.393 e. The number of aliphatic hydroxyl groups excluding tert-OH is 8. The fraction of sp³-hybridized carbons (Fsp3) is 0.955. The number of fused-ring (bicyclic) bond motifs is 7. The zero-order chi connectivity index (χ0) is 42.8. The van der Waals surface area contributed by atoms with Crippen molar-refractivity contribution in [2.75, 3.05) is 13.2 Å². The van der Waals surface area contributed by atoms with Gasteiger partial charge in [0.2, 0.25) is 0 Å². The van der Waals surface area contributed by atoms with E-state index >= 15 is 0 Å². The molecule has 4 aliphatic carbocycles. The topological polar surface area (TPSA) is 236 Å². The lowest BCUT2D eigenvalue weighted by molar-refractivity contribution is -0.391. The highest BCUT2D eigenvalue weighted by Gasteiger charge is 2.69. The van der Waals surface area contributed by atoms with Crippen molar-refractivity contribution in [3.8, 4) is 0 Å². The standard InChI is InChI=1S/C44H70O16/c1-18-9-12-44(54-16-18)19(2)30-28(60-44)15-26-24-8-7-22-13-23(45)14-29(43(22,6)25(24)10-11-42(26,30)5)57-41-38(59-40-36(52)34(50)31(47)20(3)55-40)37(32(48)21(4)56-41)58-39-35(51)33(49)27(46)17-53-39/h7,18-21,23-41,45-52H,8-17H2,1-6H3/t18-,19+,20+,21-,23-,24-,25+,26+,27-,28+,29-,30+,31+,32+,33+,34-,35-,36-,37+,38+,39+,40+,41-,42+,43+,44-/m1/s1. The molecule has 0 aromatic carbocycles. The Balaban J connectivity index is 1.01. The number of allylic oxidation sites excluding steroid dienone is 1. The summed E-state index contributed by atoms with van der Waals surface area (Å²) >= 11 is 0. The van der Waals surface area contributed by atoms with E-state index < -0.39 is 109 Å². The highest BCUT2D eigenvalue weighted by molar-refractivity contribution is 5.29. The van der Waals surface area contributed by atoms with Gasteiger partial charge in [0, 0.05) is 24.2 Å². The van der Waals surface area contributed by atoms with Crippen LogP contribution in [0.3, 0.4) is 0 Å². The Morgan fingerprint density at radius 1 is 0.683 bits per heavy atom. The lowest BCUT2D eigenvalue weighted by Gasteiger charge is -2.60. The summed E-state index contributed by atoms with van der Waals surface area (Å²) in [6.07, 6.45) is -12.0. The molecule has 26 atom stereocenters. The summed E-state index contributed by atoms with van der Waals surface area (Å²) < 4.78 is 51.1. The molecule has 8 fully saturated rings. The normalized spacial score (nSPS) is 59.2. The van der Waals surface area contributed by atoms with Crippen molar-refractivity contribution in [1.29, 1.82) is 0 Å². The molecule has 16 nitrogen and oxygen atoms in total. The Bertz CT molecular complexity index is 1580. The van der Waals surface area contributed by atoms with Crippen molar-refractivity contribution in [1.82, 2.24) is 0 Å². The van der Waals surface area contributed by atoms with Crippen molar-refractivity contribution >= 4 is 0 Å². The van der Waals surface area contributed by atoms with Gasteiger partial charge in [0.25, 0.3) is 0 Å². The summed E-state index contributed by atoms with van der Waals surface area (Å²) in [7, 11) is 0. The van der Waals surface area contributed by atoms with E-state index in [9.17, 15) is 40.9 Å². The summed E-state index contributed by atoms with van der Waals surface area (Å²) in [4.78, 5) is 0. The van der Waals surface area contributed by atoms with E-state index in [-0.39, 0.29) is 36.4 Å². The number of ether oxygens (including phenoxy) is 8. The van der Waals surface area contributed by atoms with Crippen LogP contribution in [0.5, 0.6) is 0 Å². The minimum Gasteiger partial charge on any atom is -0.393 e. The highest BCUT2D eigenvalue weighted by Crippen LogP contribution is 2.71. The van der Waals surface area contributed by atoms with Gasteiger partial charge in [-0.05, 0) is 87.4 Å². The lowest BCUT2D eigenvalue weighted by atomic mass is 9.46. The average Bonchev–Trinajstić information content (AvgIpc) is 3.66. The maximum atomic E-state index is 11.6. The molecule has 60 heavy (non-hydrogen) atoms. The average molecular weight is 855 g/mol. The molecule has 5 aliphatic heterocycles. The second-order valence-corrected chi connectivity index (χ2v) is 20.7. The summed E-state index contributed by atoms with van der Waals surface area (Å²) in [5.74, 6) is 1.67. The molecule has 3 saturated carbocycles. The monoisotopic (exact) mass is 854 g/mol. The number of rotatable bonds is 6. The summed E-state index contributed by atoms with van der Waals surface area (Å²) in [6, 6.07) is 0. The van der Waals surface area contributed by atoms with Crippen molar-refractivity contribution in [3.05, 3.63) is 11.6 Å². The van der Waals surface area contributed by atoms with E-state index in [1.807, 2.05) is 0 Å². The van der Waals surface area contributed by atoms with Crippen molar-refractivity contribution in [2.24, 2.45) is 46.3 Å². The van der Waals surface area contributed by atoms with Gasteiger partial charge in [-0.1, -0.05) is 39.3 Å². The predicted octanol–water partition coefficient (Wildman–Crippen LogP) is 0.852. The van der Waals surface area contributed by atoms with Crippen LogP contribution in [0.4, 0.5) is 0 Å². The van der Waals surface area contributed by atoms with E-state index in [1.165, 1.54) is 6.92 Å². The maximum Gasteiger partial charge on any atom is 0.187 e. The second kappa shape index (κ2) is 16.2. The Morgan fingerprint density at radius 3 is 2.12 bits per heavy atom. The number of hydrogen-bond donors (Lipinski definition) is 8. The zero-order valence-corrected chi connectivity index (χ0v) is 35.8. The number of hydrogen-bond acceptors (Lipinski definition) is 16. The Hall–Kier alpha value is -0.900. The van der Waals surface area contributed by atoms with Crippen LogP contribution < -0.4 is 0 Å². The van der Waals surface area contributed by atoms with E-state index in [0.717, 1.165) is 50.7 Å². The fourth-order valence-corrected chi connectivity index (χ4v) is 13.8. The molecule has 0 amide bonds. The summed E-state index contributed by atoms with van der Waals surface area (Å²) in [6.45, 7) is 12.8. The van der Waals surface area contributed by atoms with Gasteiger partial charge in [-0.2, -0.15) is 0 Å². The van der Waals surface area contributed by atoms with Gasteiger partial charge >= 0.3 is 0 Å². The molecule has 5 heterocycles. The van der Waals surface area contributed by atoms with Crippen molar-refractivity contribution in [3.63, 3.8) is 0 Å². The van der Waals surface area contributed by atoms with Gasteiger partial charge in [-0.25, -0.2) is 0 Å². The minimum atomic E-state index is -1.72. The Labute approximate surface area is 352 Å². The van der Waals surface area contributed by atoms with Crippen LogP contribution in [0.2, 0.25) is 0 Å². The SMILES string of the molecule is C[C@@H]1CC[C@@]2(OC1)O[C@H]1C[C@H]3[C@@H]4CC=C5C[C@@H](O)C[C@@H](O[C@H]6O[C@H](C)[C@H](O)[C@H](O[C@@H]7OC[C@@H](O)[C@H](O)[C@H]7O)[C@@H]6O[C@@H]6O[C@@H](C)[C@H](O)[C@@H](O)[C@H]6O)[C@]5(C)[C@H]4CC[C@]3(C)[C@H]1[C@@H]2C. The quantitative estimate of drug-likeness (QED) is 0.173. The maximum absolute atomic E-state index is 11.6. The smallest absolute Gasteiger partial charge is 0.187 e. The lowest BCUT2D eigenvalue weighted by Crippen LogP contribution is -2.66. The molecule has 8 N–H and O–H groups in total.